The second-order valence-electron chi connectivity index (χ2n) is 6.18. The Morgan fingerprint density at radius 3 is 2.37 bits per heavy atom. The third-order valence-corrected chi connectivity index (χ3v) is 4.13. The number of hydrogen-bond acceptors (Lipinski definition) is 2. The highest BCUT2D eigenvalue weighted by molar-refractivity contribution is 5.83. The monoisotopic (exact) mass is 261 g/mol. The van der Waals surface area contributed by atoms with Crippen molar-refractivity contribution in [2.45, 2.75) is 45.6 Å². The molecule has 1 fully saturated rings. The topological polar surface area (TPSA) is 49.3 Å². The van der Waals surface area contributed by atoms with Crippen molar-refractivity contribution in [1.82, 2.24) is 0 Å². The average Bonchev–Trinajstić information content (AvgIpc) is 2.30. The number of benzene rings is 1. The van der Waals surface area contributed by atoms with Crippen LogP contribution in [0.5, 0.6) is 0 Å². The molecule has 2 rings (SSSR count). The zero-order valence-electron chi connectivity index (χ0n) is 11.9. The summed E-state index contributed by atoms with van der Waals surface area (Å²) in [6.07, 6.45) is 2.51. The van der Waals surface area contributed by atoms with E-state index in [1.807, 2.05) is 31.2 Å². The summed E-state index contributed by atoms with van der Waals surface area (Å²) in [6, 6.07) is 7.89. The molecule has 104 valence electrons. The van der Waals surface area contributed by atoms with E-state index in [-0.39, 0.29) is 0 Å². The number of nitrogens with one attached hydrogen (secondary N) is 1. The molecule has 0 spiro atoms. The molecule has 1 aliphatic rings. The van der Waals surface area contributed by atoms with E-state index in [0.717, 1.165) is 17.7 Å². The van der Waals surface area contributed by atoms with Crippen LogP contribution in [0.2, 0.25) is 0 Å². The predicted molar refractivity (Wildman–Crippen MR) is 77.3 cm³/mol. The molecule has 0 bridgehead atoms. The summed E-state index contributed by atoms with van der Waals surface area (Å²) in [5.74, 6) is 0.155. The van der Waals surface area contributed by atoms with Gasteiger partial charge in [-0.25, -0.2) is 4.79 Å². The molecular weight excluding hydrogens is 238 g/mol. The second kappa shape index (κ2) is 5.24. The zero-order chi connectivity index (χ0) is 14.0. The molecule has 2 atom stereocenters. The third-order valence-electron chi connectivity index (χ3n) is 4.13. The highest BCUT2D eigenvalue weighted by atomic mass is 16.4. The number of aliphatic carboxylic acids is 1. The van der Waals surface area contributed by atoms with Crippen LogP contribution in [-0.2, 0) is 4.79 Å². The van der Waals surface area contributed by atoms with Crippen molar-refractivity contribution < 1.29 is 9.90 Å². The van der Waals surface area contributed by atoms with E-state index in [1.54, 1.807) is 0 Å². The van der Waals surface area contributed by atoms with Gasteiger partial charge in [-0.1, -0.05) is 32.0 Å². The lowest BCUT2D eigenvalue weighted by atomic mass is 9.71. The first kappa shape index (κ1) is 13.9. The maximum atomic E-state index is 11.8. The largest absolute Gasteiger partial charge is 0.480 e. The van der Waals surface area contributed by atoms with Crippen LogP contribution in [0.15, 0.2) is 24.3 Å². The molecule has 0 heterocycles. The fourth-order valence-electron chi connectivity index (χ4n) is 3.43. The van der Waals surface area contributed by atoms with Crippen molar-refractivity contribution in [2.75, 3.05) is 5.32 Å². The molecule has 3 heteroatoms. The minimum absolute atomic E-state index is 0.441. The van der Waals surface area contributed by atoms with Crippen molar-refractivity contribution in [2.24, 2.45) is 11.8 Å². The van der Waals surface area contributed by atoms with Crippen molar-refractivity contribution in [1.29, 1.82) is 0 Å². The Kier molecular flexibility index (Phi) is 3.83. The molecule has 1 aliphatic carbocycles. The van der Waals surface area contributed by atoms with Gasteiger partial charge in [0, 0.05) is 5.69 Å². The molecule has 0 aliphatic heterocycles. The molecule has 1 saturated carbocycles. The van der Waals surface area contributed by atoms with Gasteiger partial charge in [0.15, 0.2) is 0 Å². The van der Waals surface area contributed by atoms with Gasteiger partial charge < -0.3 is 10.4 Å². The van der Waals surface area contributed by atoms with Gasteiger partial charge in [0.25, 0.3) is 0 Å². The first-order chi connectivity index (χ1) is 8.93. The van der Waals surface area contributed by atoms with Crippen LogP contribution < -0.4 is 5.32 Å². The van der Waals surface area contributed by atoms with E-state index in [1.165, 1.54) is 0 Å². The zero-order valence-corrected chi connectivity index (χ0v) is 11.9. The Labute approximate surface area is 115 Å². The Morgan fingerprint density at radius 2 is 1.84 bits per heavy atom. The molecule has 2 unspecified atom stereocenters. The van der Waals surface area contributed by atoms with Crippen LogP contribution in [0.3, 0.4) is 0 Å². The Bertz CT molecular complexity index is 460. The Morgan fingerprint density at radius 1 is 1.26 bits per heavy atom. The average molecular weight is 261 g/mol. The molecule has 1 aromatic carbocycles. The summed E-state index contributed by atoms with van der Waals surface area (Å²) in [5, 5.41) is 13.0. The van der Waals surface area contributed by atoms with Gasteiger partial charge >= 0.3 is 5.97 Å². The number of carbonyl (C=O) groups is 1. The SMILES string of the molecule is Cc1ccccc1NC1(C(=O)O)CC(C)CC(C)C1. The lowest BCUT2D eigenvalue weighted by Crippen LogP contribution is -2.51. The third kappa shape index (κ3) is 2.91. The molecule has 0 amide bonds. The highest BCUT2D eigenvalue weighted by Gasteiger charge is 2.44. The summed E-state index contributed by atoms with van der Waals surface area (Å²) in [4.78, 5) is 11.8. The predicted octanol–water partition coefficient (Wildman–Crippen LogP) is 3.69. The van der Waals surface area contributed by atoms with Gasteiger partial charge in [-0.15, -0.1) is 0 Å². The molecule has 1 aromatic rings. The van der Waals surface area contributed by atoms with E-state index in [9.17, 15) is 9.90 Å². The Hall–Kier alpha value is -1.51. The van der Waals surface area contributed by atoms with Crippen molar-refractivity contribution in [3.63, 3.8) is 0 Å². The molecule has 3 nitrogen and oxygen atoms in total. The number of rotatable bonds is 3. The summed E-state index contributed by atoms with van der Waals surface area (Å²) < 4.78 is 0. The van der Waals surface area contributed by atoms with Crippen molar-refractivity contribution in [3.05, 3.63) is 29.8 Å². The molecule has 0 saturated heterocycles. The highest BCUT2D eigenvalue weighted by Crippen LogP contribution is 2.38. The molecule has 0 radical (unpaired) electrons. The van der Waals surface area contributed by atoms with Crippen LogP contribution in [0.1, 0.15) is 38.7 Å². The van der Waals surface area contributed by atoms with Gasteiger partial charge in [0.1, 0.15) is 5.54 Å². The van der Waals surface area contributed by atoms with Crippen LogP contribution >= 0.6 is 0 Å². The van der Waals surface area contributed by atoms with E-state index >= 15 is 0 Å². The van der Waals surface area contributed by atoms with E-state index < -0.39 is 11.5 Å². The van der Waals surface area contributed by atoms with E-state index in [4.69, 9.17) is 0 Å². The molecular formula is C16H23NO2. The summed E-state index contributed by atoms with van der Waals surface area (Å²) >= 11 is 0. The standard InChI is InChI=1S/C16H23NO2/c1-11-8-12(2)10-16(9-11,15(18)19)17-14-7-5-4-6-13(14)3/h4-7,11-12,17H,8-10H2,1-3H3,(H,18,19). The summed E-state index contributed by atoms with van der Waals surface area (Å²) in [7, 11) is 0. The minimum Gasteiger partial charge on any atom is -0.480 e. The smallest absolute Gasteiger partial charge is 0.329 e. The number of aryl methyl sites for hydroxylation is 1. The fourth-order valence-corrected chi connectivity index (χ4v) is 3.43. The fraction of sp³-hybridized carbons (Fsp3) is 0.562. The number of hydrogen-bond donors (Lipinski definition) is 2. The lowest BCUT2D eigenvalue weighted by Gasteiger charge is -2.41. The van der Waals surface area contributed by atoms with Crippen LogP contribution in [0.25, 0.3) is 0 Å². The van der Waals surface area contributed by atoms with Crippen molar-refractivity contribution >= 4 is 11.7 Å². The van der Waals surface area contributed by atoms with Gasteiger partial charge in [0.05, 0.1) is 0 Å². The number of carboxylic acids is 1. The van der Waals surface area contributed by atoms with Gasteiger partial charge in [-0.3, -0.25) is 0 Å². The lowest BCUT2D eigenvalue weighted by molar-refractivity contribution is -0.144. The minimum atomic E-state index is -0.816. The van der Waals surface area contributed by atoms with Crippen LogP contribution in [0, 0.1) is 18.8 Å². The first-order valence-electron chi connectivity index (χ1n) is 7.00. The van der Waals surface area contributed by atoms with Crippen LogP contribution in [0.4, 0.5) is 5.69 Å². The maximum absolute atomic E-state index is 11.8. The van der Waals surface area contributed by atoms with Gasteiger partial charge in [-0.05, 0) is 49.7 Å². The quantitative estimate of drug-likeness (QED) is 0.872. The van der Waals surface area contributed by atoms with Gasteiger partial charge in [-0.2, -0.15) is 0 Å². The number of para-hydroxylation sites is 1. The summed E-state index contributed by atoms with van der Waals surface area (Å²) in [5.41, 5.74) is 1.21. The Balaban J connectivity index is 2.30. The molecule has 0 aromatic heterocycles. The maximum Gasteiger partial charge on any atom is 0.329 e. The van der Waals surface area contributed by atoms with Crippen LogP contribution in [-0.4, -0.2) is 16.6 Å². The molecule has 2 N–H and O–H groups in total. The number of carboxylic acid groups (broad SMARTS) is 1. The number of anilines is 1. The van der Waals surface area contributed by atoms with E-state index in [0.29, 0.717) is 24.7 Å². The van der Waals surface area contributed by atoms with Crippen molar-refractivity contribution in [3.8, 4) is 0 Å². The summed E-state index contributed by atoms with van der Waals surface area (Å²) in [6.45, 7) is 6.30. The van der Waals surface area contributed by atoms with E-state index in [2.05, 4.69) is 19.2 Å². The molecule has 19 heavy (non-hydrogen) atoms. The first-order valence-corrected chi connectivity index (χ1v) is 7.00. The van der Waals surface area contributed by atoms with Gasteiger partial charge in [0.2, 0.25) is 0 Å². The second-order valence-corrected chi connectivity index (χ2v) is 6.18. The normalized spacial score (nSPS) is 30.9.